The third-order valence-corrected chi connectivity index (χ3v) is 4.10. The summed E-state index contributed by atoms with van der Waals surface area (Å²) in [4.78, 5) is 4.30. The van der Waals surface area contributed by atoms with Gasteiger partial charge in [0.05, 0.1) is 16.4 Å². The maximum Gasteiger partial charge on any atom is 0.145 e. The number of pyridine rings is 1. The van der Waals surface area contributed by atoms with E-state index in [1.54, 1.807) is 6.20 Å². The van der Waals surface area contributed by atoms with Gasteiger partial charge in [0.15, 0.2) is 0 Å². The summed E-state index contributed by atoms with van der Waals surface area (Å²) in [6.45, 7) is 1.91. The molecular weight excluding hydrogens is 328 g/mol. The van der Waals surface area contributed by atoms with Gasteiger partial charge >= 0.3 is 0 Å². The average molecular weight is 343 g/mol. The van der Waals surface area contributed by atoms with E-state index in [0.29, 0.717) is 5.75 Å². The van der Waals surface area contributed by atoms with Crippen molar-refractivity contribution in [3.8, 4) is 11.5 Å². The first kappa shape index (κ1) is 14.0. The van der Waals surface area contributed by atoms with Crippen LogP contribution in [0.3, 0.4) is 0 Å². The van der Waals surface area contributed by atoms with Gasteiger partial charge in [0.1, 0.15) is 11.5 Å². The molecule has 0 saturated heterocycles. The van der Waals surface area contributed by atoms with Crippen molar-refractivity contribution in [1.82, 2.24) is 4.98 Å². The molecule has 1 heterocycles. The van der Waals surface area contributed by atoms with Gasteiger partial charge in [-0.1, -0.05) is 30.3 Å². The predicted octanol–water partition coefficient (Wildman–Crippen LogP) is 4.81. The summed E-state index contributed by atoms with van der Waals surface area (Å²) in [5.74, 6) is 1.46. The zero-order chi connectivity index (χ0) is 14.8. The molecule has 3 nitrogen and oxygen atoms in total. The molecule has 1 atom stereocenters. The van der Waals surface area contributed by atoms with Crippen LogP contribution in [-0.2, 0) is 0 Å². The zero-order valence-corrected chi connectivity index (χ0v) is 13.2. The summed E-state index contributed by atoms with van der Waals surface area (Å²) >= 11 is 3.61. The predicted molar refractivity (Wildman–Crippen MR) is 88.6 cm³/mol. The molecule has 1 aromatic heterocycles. The smallest absolute Gasteiger partial charge is 0.145 e. The highest BCUT2D eigenvalue weighted by Crippen LogP contribution is 2.35. The number of fused-ring (bicyclic) bond motifs is 1. The molecule has 2 N–H and O–H groups in total. The van der Waals surface area contributed by atoms with E-state index in [1.807, 2.05) is 43.3 Å². The summed E-state index contributed by atoms with van der Waals surface area (Å²) in [6, 6.07) is 15.8. The van der Waals surface area contributed by atoms with Gasteiger partial charge in [-0.25, -0.2) is 0 Å². The molecule has 3 rings (SSSR count). The van der Waals surface area contributed by atoms with Crippen molar-refractivity contribution in [2.75, 3.05) is 0 Å². The second kappa shape index (κ2) is 5.84. The van der Waals surface area contributed by atoms with Crippen LogP contribution in [0.5, 0.6) is 11.5 Å². The highest BCUT2D eigenvalue weighted by molar-refractivity contribution is 9.10. The van der Waals surface area contributed by atoms with E-state index >= 15 is 0 Å². The quantitative estimate of drug-likeness (QED) is 0.742. The second-order valence-electron chi connectivity index (χ2n) is 4.91. The van der Waals surface area contributed by atoms with Crippen LogP contribution in [-0.4, -0.2) is 4.98 Å². The van der Waals surface area contributed by atoms with Crippen LogP contribution in [0, 0.1) is 0 Å². The molecule has 0 fully saturated rings. The molecule has 0 aliphatic rings. The molecule has 0 saturated carbocycles. The molecule has 0 aliphatic carbocycles. The Morgan fingerprint density at radius 3 is 2.62 bits per heavy atom. The molecule has 0 bridgehead atoms. The Morgan fingerprint density at radius 1 is 1.10 bits per heavy atom. The lowest BCUT2D eigenvalue weighted by molar-refractivity contribution is 0.477. The van der Waals surface area contributed by atoms with Crippen molar-refractivity contribution in [2.24, 2.45) is 5.73 Å². The van der Waals surface area contributed by atoms with E-state index < -0.39 is 0 Å². The van der Waals surface area contributed by atoms with Crippen LogP contribution in [0.15, 0.2) is 59.2 Å². The Morgan fingerprint density at radius 2 is 1.90 bits per heavy atom. The number of halogens is 1. The number of nitrogens with two attached hydrogens (primary N) is 1. The lowest BCUT2D eigenvalue weighted by Gasteiger charge is -2.11. The maximum absolute atomic E-state index is 5.90. The average Bonchev–Trinajstić information content (AvgIpc) is 2.51. The molecule has 3 aromatic rings. The second-order valence-corrected chi connectivity index (χ2v) is 5.70. The van der Waals surface area contributed by atoms with Gasteiger partial charge < -0.3 is 10.5 Å². The topological polar surface area (TPSA) is 48.1 Å². The molecule has 2 aromatic carbocycles. The maximum atomic E-state index is 5.90. The van der Waals surface area contributed by atoms with Crippen LogP contribution in [0.2, 0.25) is 0 Å². The van der Waals surface area contributed by atoms with Crippen LogP contribution in [0.1, 0.15) is 18.7 Å². The van der Waals surface area contributed by atoms with Gasteiger partial charge in [0, 0.05) is 6.04 Å². The molecule has 4 heteroatoms. The largest absolute Gasteiger partial charge is 0.455 e. The fourth-order valence-electron chi connectivity index (χ4n) is 2.14. The van der Waals surface area contributed by atoms with Crippen LogP contribution in [0.4, 0.5) is 0 Å². The number of hydrogen-bond acceptors (Lipinski definition) is 3. The van der Waals surface area contributed by atoms with Crippen molar-refractivity contribution >= 4 is 26.7 Å². The van der Waals surface area contributed by atoms with Gasteiger partial charge in [-0.3, -0.25) is 4.98 Å². The third-order valence-electron chi connectivity index (χ3n) is 3.28. The minimum absolute atomic E-state index is 0.0774. The number of ether oxygens (including phenoxy) is 1. The molecule has 21 heavy (non-hydrogen) atoms. The minimum Gasteiger partial charge on any atom is -0.455 e. The van der Waals surface area contributed by atoms with Crippen molar-refractivity contribution in [3.63, 3.8) is 0 Å². The first-order valence-electron chi connectivity index (χ1n) is 6.72. The van der Waals surface area contributed by atoms with E-state index in [2.05, 4.69) is 33.0 Å². The van der Waals surface area contributed by atoms with Gasteiger partial charge in [-0.15, -0.1) is 0 Å². The minimum atomic E-state index is -0.0774. The summed E-state index contributed by atoms with van der Waals surface area (Å²) in [6.07, 6.45) is 1.69. The first-order chi connectivity index (χ1) is 10.1. The van der Waals surface area contributed by atoms with Crippen molar-refractivity contribution < 1.29 is 4.74 Å². The lowest BCUT2D eigenvalue weighted by atomic mass is 10.1. The van der Waals surface area contributed by atoms with E-state index in [0.717, 1.165) is 21.3 Å². The van der Waals surface area contributed by atoms with E-state index in [4.69, 9.17) is 10.5 Å². The van der Waals surface area contributed by atoms with E-state index in [-0.39, 0.29) is 6.04 Å². The molecular formula is C17H15BrN2O. The number of aromatic nitrogens is 1. The molecule has 0 spiro atoms. The molecule has 106 valence electrons. The van der Waals surface area contributed by atoms with E-state index in [1.165, 1.54) is 5.39 Å². The monoisotopic (exact) mass is 342 g/mol. The van der Waals surface area contributed by atoms with Crippen molar-refractivity contribution in [1.29, 1.82) is 0 Å². The summed E-state index contributed by atoms with van der Waals surface area (Å²) in [7, 11) is 0. The lowest BCUT2D eigenvalue weighted by Crippen LogP contribution is -2.06. The van der Waals surface area contributed by atoms with Gasteiger partial charge in [0.25, 0.3) is 0 Å². The number of rotatable bonds is 3. The van der Waals surface area contributed by atoms with Crippen molar-refractivity contribution in [2.45, 2.75) is 13.0 Å². The molecule has 0 aliphatic heterocycles. The van der Waals surface area contributed by atoms with Crippen LogP contribution in [0.25, 0.3) is 10.8 Å². The Bertz CT molecular complexity index is 769. The Kier molecular flexibility index (Phi) is 3.90. The summed E-state index contributed by atoms with van der Waals surface area (Å²) < 4.78 is 6.84. The number of nitrogens with zero attached hydrogens (tertiary/aromatic N) is 1. The molecule has 0 amide bonds. The Hall–Kier alpha value is -1.91. The van der Waals surface area contributed by atoms with Gasteiger partial charge in [0.2, 0.25) is 0 Å². The van der Waals surface area contributed by atoms with E-state index in [9.17, 15) is 0 Å². The highest BCUT2D eigenvalue weighted by Gasteiger charge is 2.08. The number of hydrogen-bond donors (Lipinski definition) is 1. The first-order valence-corrected chi connectivity index (χ1v) is 7.51. The van der Waals surface area contributed by atoms with Crippen LogP contribution >= 0.6 is 15.9 Å². The fraction of sp³-hybridized carbons (Fsp3) is 0.118. The molecule has 0 unspecified atom stereocenters. The van der Waals surface area contributed by atoms with Gasteiger partial charge in [-0.05, 0) is 51.8 Å². The SMILES string of the molecule is C[C@@H](N)c1ccc(Oc2ccc3ccccc3c2Br)cn1. The zero-order valence-electron chi connectivity index (χ0n) is 11.6. The fourth-order valence-corrected chi connectivity index (χ4v) is 2.72. The normalized spacial score (nSPS) is 12.3. The highest BCUT2D eigenvalue weighted by atomic mass is 79.9. The Labute approximate surface area is 131 Å². The van der Waals surface area contributed by atoms with Gasteiger partial charge in [-0.2, -0.15) is 0 Å². The Balaban J connectivity index is 1.92. The third kappa shape index (κ3) is 2.91. The summed E-state index contributed by atoms with van der Waals surface area (Å²) in [5, 5.41) is 2.29. The van der Waals surface area contributed by atoms with Crippen LogP contribution < -0.4 is 10.5 Å². The summed E-state index contributed by atoms with van der Waals surface area (Å²) in [5.41, 5.74) is 6.64. The number of benzene rings is 2. The van der Waals surface area contributed by atoms with Crippen molar-refractivity contribution in [3.05, 3.63) is 64.9 Å². The standard InChI is InChI=1S/C17H15BrN2O/c1-11(19)15-8-7-13(10-20-15)21-16-9-6-12-4-2-3-5-14(12)17(16)18/h2-11H,19H2,1H3/t11-/m1/s1. The molecule has 0 radical (unpaired) electrons.